The number of fused-ring (bicyclic) bond motifs is 3. The van der Waals surface area contributed by atoms with Gasteiger partial charge >= 0.3 is 0 Å². The van der Waals surface area contributed by atoms with E-state index in [1.54, 1.807) is 6.07 Å². The molecule has 1 atom stereocenters. The minimum Gasteiger partial charge on any atom is -0.352 e. The van der Waals surface area contributed by atoms with Gasteiger partial charge in [-0.2, -0.15) is 0 Å². The van der Waals surface area contributed by atoms with Crippen LogP contribution in [0, 0.1) is 5.82 Å². The summed E-state index contributed by atoms with van der Waals surface area (Å²) in [5.74, 6) is -1.06. The predicted molar refractivity (Wildman–Crippen MR) is 146 cm³/mol. The third kappa shape index (κ3) is 5.65. The van der Waals surface area contributed by atoms with Gasteiger partial charge in [0.1, 0.15) is 17.7 Å². The number of nitrogens with zero attached hydrogens (tertiary/aromatic N) is 3. The molecule has 0 spiro atoms. The van der Waals surface area contributed by atoms with E-state index in [4.69, 9.17) is 0 Å². The topological polar surface area (TPSA) is 103 Å². The van der Waals surface area contributed by atoms with Crippen LogP contribution in [0.25, 0.3) is 0 Å². The maximum atomic E-state index is 13.9. The van der Waals surface area contributed by atoms with Crippen LogP contribution < -0.4 is 10.6 Å². The first-order valence-corrected chi connectivity index (χ1v) is 13.1. The fourth-order valence-corrected chi connectivity index (χ4v) is 4.92. The zero-order valence-corrected chi connectivity index (χ0v) is 21.1. The van der Waals surface area contributed by atoms with Gasteiger partial charge in [0.15, 0.2) is 5.17 Å². The Balaban J connectivity index is 1.25. The summed E-state index contributed by atoms with van der Waals surface area (Å²) in [5, 5.41) is 5.72. The van der Waals surface area contributed by atoms with E-state index in [1.807, 2.05) is 54.6 Å². The van der Waals surface area contributed by atoms with Crippen molar-refractivity contribution in [2.45, 2.75) is 25.4 Å². The van der Waals surface area contributed by atoms with Crippen LogP contribution in [0.5, 0.6) is 0 Å². The van der Waals surface area contributed by atoms with Gasteiger partial charge in [0.05, 0.1) is 17.1 Å². The van der Waals surface area contributed by atoms with Crippen LogP contribution in [-0.2, 0) is 20.9 Å². The summed E-state index contributed by atoms with van der Waals surface area (Å²) in [6.45, 7) is 0.411. The maximum absolute atomic E-state index is 13.9. The Morgan fingerprint density at radius 2 is 1.68 bits per heavy atom. The number of para-hydroxylation sites is 2. The van der Waals surface area contributed by atoms with Crippen LogP contribution in [0.4, 0.5) is 15.8 Å². The number of thioether (sulfide) groups is 1. The molecule has 2 heterocycles. The van der Waals surface area contributed by atoms with Gasteiger partial charge in [-0.25, -0.2) is 14.3 Å². The highest BCUT2D eigenvalue weighted by molar-refractivity contribution is 8.14. The first-order valence-electron chi connectivity index (χ1n) is 12.1. The largest absolute Gasteiger partial charge is 0.352 e. The van der Waals surface area contributed by atoms with E-state index in [0.29, 0.717) is 28.8 Å². The Hall–Kier alpha value is -4.31. The Morgan fingerprint density at radius 1 is 0.947 bits per heavy atom. The standard InChI is InChI=1S/C28H24FN5O3S/c29-20-11-5-7-13-22(20)31-25(36)17-38-28-33-21-12-6-4-10-19(21)26-32-23(27(37)34(26)28)14-15-24(35)30-16-18-8-2-1-3-9-18/h1-13,23H,14-17H2,(H,30,35)(H,31,36)/t23-/m1/s1. The minimum atomic E-state index is -0.739. The number of carbonyl (C=O) groups excluding carboxylic acids is 3. The lowest BCUT2D eigenvalue weighted by Crippen LogP contribution is -2.41. The average molecular weight is 530 g/mol. The van der Waals surface area contributed by atoms with E-state index in [9.17, 15) is 18.8 Å². The molecule has 8 nitrogen and oxygen atoms in total. The first-order chi connectivity index (χ1) is 18.5. The number of benzene rings is 3. The third-order valence-corrected chi connectivity index (χ3v) is 6.94. The molecule has 3 aromatic carbocycles. The number of rotatable bonds is 8. The van der Waals surface area contributed by atoms with Gasteiger partial charge in [0.25, 0.3) is 5.91 Å². The van der Waals surface area contributed by atoms with E-state index < -0.39 is 17.8 Å². The molecule has 0 saturated carbocycles. The zero-order chi connectivity index (χ0) is 26.5. The molecule has 5 rings (SSSR count). The van der Waals surface area contributed by atoms with Gasteiger partial charge < -0.3 is 10.6 Å². The number of nitrogens with one attached hydrogen (secondary N) is 2. The van der Waals surface area contributed by atoms with E-state index in [0.717, 1.165) is 17.3 Å². The van der Waals surface area contributed by atoms with Crippen LogP contribution in [0.2, 0.25) is 0 Å². The highest BCUT2D eigenvalue weighted by Crippen LogP contribution is 2.34. The molecule has 2 N–H and O–H groups in total. The van der Waals surface area contributed by atoms with Gasteiger partial charge in [0, 0.05) is 18.5 Å². The van der Waals surface area contributed by atoms with Crippen molar-refractivity contribution < 1.29 is 18.8 Å². The quantitative estimate of drug-likeness (QED) is 0.455. The highest BCUT2D eigenvalue weighted by Gasteiger charge is 2.41. The number of aliphatic imine (C=N–C) groups is 2. The van der Waals surface area contributed by atoms with E-state index >= 15 is 0 Å². The molecule has 0 aromatic heterocycles. The summed E-state index contributed by atoms with van der Waals surface area (Å²) in [7, 11) is 0. The van der Waals surface area contributed by atoms with E-state index in [-0.39, 0.29) is 36.1 Å². The summed E-state index contributed by atoms with van der Waals surface area (Å²) in [5.41, 5.74) is 2.41. The number of anilines is 1. The lowest BCUT2D eigenvalue weighted by molar-refractivity contribution is -0.125. The predicted octanol–water partition coefficient (Wildman–Crippen LogP) is 4.25. The van der Waals surface area contributed by atoms with Crippen molar-refractivity contribution in [3.63, 3.8) is 0 Å². The monoisotopic (exact) mass is 529 g/mol. The summed E-state index contributed by atoms with van der Waals surface area (Å²) >= 11 is 1.07. The number of hydrogen-bond donors (Lipinski definition) is 2. The fourth-order valence-electron chi connectivity index (χ4n) is 4.12. The summed E-state index contributed by atoms with van der Waals surface area (Å²) in [6, 6.07) is 22.1. The molecule has 10 heteroatoms. The molecule has 2 aliphatic heterocycles. The number of amides is 3. The Labute approximate surface area is 223 Å². The van der Waals surface area contributed by atoms with Crippen molar-refractivity contribution in [3.05, 3.63) is 95.8 Å². The Kier molecular flexibility index (Phi) is 7.60. The van der Waals surface area contributed by atoms with Crippen LogP contribution in [-0.4, -0.2) is 45.4 Å². The van der Waals surface area contributed by atoms with Crippen molar-refractivity contribution in [3.8, 4) is 0 Å². The Bertz CT molecular complexity index is 1440. The maximum Gasteiger partial charge on any atom is 0.259 e. The molecule has 3 amide bonds. The molecule has 0 unspecified atom stereocenters. The van der Waals surface area contributed by atoms with Gasteiger partial charge in [0.2, 0.25) is 11.8 Å². The third-order valence-electron chi connectivity index (χ3n) is 6.01. The van der Waals surface area contributed by atoms with E-state index in [1.165, 1.54) is 23.1 Å². The van der Waals surface area contributed by atoms with E-state index in [2.05, 4.69) is 20.6 Å². The second-order valence-corrected chi connectivity index (χ2v) is 9.61. The van der Waals surface area contributed by atoms with Crippen LogP contribution in [0.1, 0.15) is 24.0 Å². The van der Waals surface area contributed by atoms with Gasteiger partial charge in [-0.3, -0.25) is 19.4 Å². The van der Waals surface area contributed by atoms with Gasteiger partial charge in [-0.15, -0.1) is 0 Å². The summed E-state index contributed by atoms with van der Waals surface area (Å²) in [6.07, 6.45) is 0.382. The second-order valence-electron chi connectivity index (χ2n) is 8.67. The molecule has 192 valence electrons. The summed E-state index contributed by atoms with van der Waals surface area (Å²) < 4.78 is 13.9. The van der Waals surface area contributed by atoms with Crippen molar-refractivity contribution in [1.82, 2.24) is 10.2 Å². The first kappa shape index (κ1) is 25.3. The van der Waals surface area contributed by atoms with Crippen molar-refractivity contribution >= 4 is 51.9 Å². The molecule has 0 radical (unpaired) electrons. The smallest absolute Gasteiger partial charge is 0.259 e. The SMILES string of the molecule is O=C(CC[C@H]1N=C2c3ccccc3N=C(SCC(=O)Nc3ccccc3F)N2C1=O)NCc1ccccc1. The van der Waals surface area contributed by atoms with Crippen molar-refractivity contribution in [2.75, 3.05) is 11.1 Å². The molecular weight excluding hydrogens is 505 g/mol. The number of carbonyl (C=O) groups is 3. The van der Waals surface area contributed by atoms with Crippen molar-refractivity contribution in [2.24, 2.45) is 9.98 Å². The number of amidine groups is 2. The molecule has 0 fully saturated rings. The molecule has 2 aliphatic rings. The molecule has 0 aliphatic carbocycles. The zero-order valence-electron chi connectivity index (χ0n) is 20.3. The molecule has 38 heavy (non-hydrogen) atoms. The molecule has 0 saturated heterocycles. The molecule has 0 bridgehead atoms. The molecular formula is C28H24FN5O3S. The fraction of sp³-hybridized carbons (Fsp3) is 0.179. The average Bonchev–Trinajstić information content (AvgIpc) is 3.27. The minimum absolute atomic E-state index is 0.0825. The second kappa shape index (κ2) is 11.4. The van der Waals surface area contributed by atoms with Gasteiger partial charge in [-0.1, -0.05) is 66.4 Å². The van der Waals surface area contributed by atoms with Crippen molar-refractivity contribution in [1.29, 1.82) is 0 Å². The lowest BCUT2D eigenvalue weighted by atomic mass is 10.1. The lowest BCUT2D eigenvalue weighted by Gasteiger charge is -2.25. The Morgan fingerprint density at radius 3 is 2.50 bits per heavy atom. The normalized spacial score (nSPS) is 15.8. The van der Waals surface area contributed by atoms with Crippen LogP contribution in [0.3, 0.4) is 0 Å². The van der Waals surface area contributed by atoms with Gasteiger partial charge in [-0.05, 0) is 36.2 Å². The van der Waals surface area contributed by atoms with Crippen LogP contribution >= 0.6 is 11.8 Å². The number of halogens is 1. The highest BCUT2D eigenvalue weighted by atomic mass is 32.2. The summed E-state index contributed by atoms with van der Waals surface area (Å²) in [4.78, 5) is 49.0. The van der Waals surface area contributed by atoms with Crippen LogP contribution in [0.15, 0.2) is 88.8 Å². The number of hydrogen-bond acceptors (Lipinski definition) is 6. The molecule has 3 aromatic rings.